The second-order valence-corrected chi connectivity index (χ2v) is 5.48. The molecule has 0 radical (unpaired) electrons. The first-order valence-electron chi connectivity index (χ1n) is 6.16. The summed E-state index contributed by atoms with van der Waals surface area (Å²) in [5.74, 6) is 0. The fraction of sp³-hybridized carbons (Fsp3) is 0.429. The Morgan fingerprint density at radius 2 is 1.89 bits per heavy atom. The van der Waals surface area contributed by atoms with Crippen molar-refractivity contribution in [3.05, 3.63) is 42.0 Å². The van der Waals surface area contributed by atoms with Crippen molar-refractivity contribution in [2.24, 2.45) is 0 Å². The standard InChI is InChI=1S/C14H20N4/c1-11-12(9-16-14(2,3)4)10-17-18(11)13-5-7-15-8-6-13/h5-8,10,16H,9H2,1-4H3. The smallest absolute Gasteiger partial charge is 0.0679 e. The van der Waals surface area contributed by atoms with Crippen molar-refractivity contribution in [2.45, 2.75) is 39.8 Å². The highest BCUT2D eigenvalue weighted by molar-refractivity contribution is 5.32. The summed E-state index contributed by atoms with van der Waals surface area (Å²) < 4.78 is 1.95. The highest BCUT2D eigenvalue weighted by Gasteiger charge is 2.12. The van der Waals surface area contributed by atoms with Crippen LogP contribution in [0, 0.1) is 6.92 Å². The maximum absolute atomic E-state index is 4.44. The summed E-state index contributed by atoms with van der Waals surface area (Å²) in [4.78, 5) is 4.02. The van der Waals surface area contributed by atoms with E-state index in [1.165, 1.54) is 5.56 Å². The molecule has 2 aromatic rings. The average Bonchev–Trinajstić information content (AvgIpc) is 2.68. The van der Waals surface area contributed by atoms with Gasteiger partial charge in [0.15, 0.2) is 0 Å². The quantitative estimate of drug-likeness (QED) is 0.902. The zero-order valence-corrected chi connectivity index (χ0v) is 11.4. The molecule has 4 heteroatoms. The van der Waals surface area contributed by atoms with Crippen molar-refractivity contribution in [3.63, 3.8) is 0 Å². The monoisotopic (exact) mass is 244 g/mol. The Hall–Kier alpha value is -1.68. The largest absolute Gasteiger partial charge is 0.308 e. The fourth-order valence-corrected chi connectivity index (χ4v) is 1.72. The van der Waals surface area contributed by atoms with Gasteiger partial charge in [-0.3, -0.25) is 4.98 Å². The first-order valence-corrected chi connectivity index (χ1v) is 6.16. The molecule has 0 aliphatic heterocycles. The van der Waals surface area contributed by atoms with Crippen molar-refractivity contribution in [3.8, 4) is 5.69 Å². The van der Waals surface area contributed by atoms with Crippen LogP contribution >= 0.6 is 0 Å². The third-order valence-electron chi connectivity index (χ3n) is 2.83. The highest BCUT2D eigenvalue weighted by Crippen LogP contribution is 2.14. The Labute approximate surface area is 108 Å². The molecule has 2 heterocycles. The summed E-state index contributed by atoms with van der Waals surface area (Å²) in [7, 11) is 0. The topological polar surface area (TPSA) is 42.7 Å². The molecule has 18 heavy (non-hydrogen) atoms. The van der Waals surface area contributed by atoms with E-state index in [1.807, 2.05) is 23.0 Å². The molecule has 0 spiro atoms. The summed E-state index contributed by atoms with van der Waals surface area (Å²) in [5.41, 5.74) is 3.55. The minimum atomic E-state index is 0.116. The SMILES string of the molecule is Cc1c(CNC(C)(C)C)cnn1-c1ccncc1. The number of hydrogen-bond donors (Lipinski definition) is 1. The van der Waals surface area contributed by atoms with Crippen LogP contribution in [0.2, 0.25) is 0 Å². The molecule has 0 bridgehead atoms. The number of pyridine rings is 1. The molecule has 4 nitrogen and oxygen atoms in total. The summed E-state index contributed by atoms with van der Waals surface area (Å²) >= 11 is 0. The van der Waals surface area contributed by atoms with Gasteiger partial charge in [0.1, 0.15) is 0 Å². The van der Waals surface area contributed by atoms with Crippen LogP contribution in [0.5, 0.6) is 0 Å². The number of aromatic nitrogens is 3. The number of nitrogens with zero attached hydrogens (tertiary/aromatic N) is 3. The van der Waals surface area contributed by atoms with E-state index in [0.717, 1.165) is 17.9 Å². The lowest BCUT2D eigenvalue weighted by Gasteiger charge is -2.20. The Morgan fingerprint density at radius 3 is 2.50 bits per heavy atom. The maximum Gasteiger partial charge on any atom is 0.0679 e. The lowest BCUT2D eigenvalue weighted by atomic mass is 10.1. The normalized spacial score (nSPS) is 11.8. The lowest BCUT2D eigenvalue weighted by Crippen LogP contribution is -2.35. The van der Waals surface area contributed by atoms with Gasteiger partial charge in [-0.2, -0.15) is 5.10 Å². The van der Waals surface area contributed by atoms with Crippen molar-refractivity contribution in [1.29, 1.82) is 0 Å². The van der Waals surface area contributed by atoms with E-state index in [-0.39, 0.29) is 5.54 Å². The highest BCUT2D eigenvalue weighted by atomic mass is 15.3. The third kappa shape index (κ3) is 2.96. The molecule has 2 rings (SSSR count). The molecule has 0 atom stereocenters. The first kappa shape index (κ1) is 12.8. The molecule has 0 saturated heterocycles. The van der Waals surface area contributed by atoms with Crippen molar-refractivity contribution < 1.29 is 0 Å². The summed E-state index contributed by atoms with van der Waals surface area (Å²) in [6.45, 7) is 9.41. The lowest BCUT2D eigenvalue weighted by molar-refractivity contribution is 0.424. The maximum atomic E-state index is 4.44. The molecule has 0 fully saturated rings. The molecule has 2 aromatic heterocycles. The number of rotatable bonds is 3. The Bertz CT molecular complexity index is 508. The second kappa shape index (κ2) is 4.90. The van der Waals surface area contributed by atoms with Crippen LogP contribution < -0.4 is 5.32 Å². The van der Waals surface area contributed by atoms with E-state index in [4.69, 9.17) is 0 Å². The Balaban J connectivity index is 2.19. The van der Waals surface area contributed by atoms with Gasteiger partial charge in [-0.15, -0.1) is 0 Å². The first-order chi connectivity index (χ1) is 8.47. The summed E-state index contributed by atoms with van der Waals surface area (Å²) in [5, 5.41) is 7.91. The molecule has 0 aliphatic carbocycles. The van der Waals surface area contributed by atoms with E-state index >= 15 is 0 Å². The summed E-state index contributed by atoms with van der Waals surface area (Å²) in [6, 6.07) is 3.92. The minimum absolute atomic E-state index is 0.116. The predicted octanol–water partition coefficient (Wildman–Crippen LogP) is 2.46. The average molecular weight is 244 g/mol. The second-order valence-electron chi connectivity index (χ2n) is 5.48. The van der Waals surface area contributed by atoms with Crippen LogP contribution in [-0.2, 0) is 6.54 Å². The Morgan fingerprint density at radius 1 is 1.22 bits per heavy atom. The van der Waals surface area contributed by atoms with Crippen LogP contribution in [0.4, 0.5) is 0 Å². The molecule has 0 unspecified atom stereocenters. The van der Waals surface area contributed by atoms with E-state index in [2.05, 4.69) is 43.1 Å². The van der Waals surface area contributed by atoms with Gasteiger partial charge in [0.05, 0.1) is 11.9 Å². The molecule has 0 saturated carbocycles. The zero-order valence-electron chi connectivity index (χ0n) is 11.4. The minimum Gasteiger partial charge on any atom is -0.308 e. The van der Waals surface area contributed by atoms with Crippen molar-refractivity contribution in [1.82, 2.24) is 20.1 Å². The molecular weight excluding hydrogens is 224 g/mol. The van der Waals surface area contributed by atoms with Crippen molar-refractivity contribution >= 4 is 0 Å². The molecule has 0 amide bonds. The van der Waals surface area contributed by atoms with Gasteiger partial charge in [-0.05, 0) is 39.8 Å². The van der Waals surface area contributed by atoms with Crippen LogP contribution in [0.3, 0.4) is 0 Å². The van der Waals surface area contributed by atoms with E-state index < -0.39 is 0 Å². The predicted molar refractivity (Wildman–Crippen MR) is 72.7 cm³/mol. The Kier molecular flexibility index (Phi) is 3.48. The van der Waals surface area contributed by atoms with E-state index in [1.54, 1.807) is 12.4 Å². The molecule has 0 aliphatic rings. The van der Waals surface area contributed by atoms with E-state index in [9.17, 15) is 0 Å². The molecule has 1 N–H and O–H groups in total. The number of hydrogen-bond acceptors (Lipinski definition) is 3. The van der Waals surface area contributed by atoms with Gasteiger partial charge in [0, 0.05) is 35.7 Å². The fourth-order valence-electron chi connectivity index (χ4n) is 1.72. The van der Waals surface area contributed by atoms with E-state index in [0.29, 0.717) is 0 Å². The van der Waals surface area contributed by atoms with Gasteiger partial charge in [-0.25, -0.2) is 4.68 Å². The van der Waals surface area contributed by atoms with Crippen LogP contribution in [0.25, 0.3) is 5.69 Å². The van der Waals surface area contributed by atoms with Gasteiger partial charge in [-0.1, -0.05) is 0 Å². The molecule has 96 valence electrons. The van der Waals surface area contributed by atoms with Gasteiger partial charge in [0.2, 0.25) is 0 Å². The summed E-state index contributed by atoms with van der Waals surface area (Å²) in [6.07, 6.45) is 5.49. The zero-order chi connectivity index (χ0) is 13.2. The molecule has 0 aromatic carbocycles. The van der Waals surface area contributed by atoms with Gasteiger partial charge in [0.25, 0.3) is 0 Å². The van der Waals surface area contributed by atoms with Crippen LogP contribution in [0.1, 0.15) is 32.0 Å². The van der Waals surface area contributed by atoms with Gasteiger partial charge >= 0.3 is 0 Å². The van der Waals surface area contributed by atoms with Crippen LogP contribution in [-0.4, -0.2) is 20.3 Å². The van der Waals surface area contributed by atoms with Gasteiger partial charge < -0.3 is 5.32 Å². The van der Waals surface area contributed by atoms with Crippen LogP contribution in [0.15, 0.2) is 30.7 Å². The van der Waals surface area contributed by atoms with Crippen molar-refractivity contribution in [2.75, 3.05) is 0 Å². The number of nitrogens with one attached hydrogen (secondary N) is 1. The molecular formula is C14H20N4. The third-order valence-corrected chi connectivity index (χ3v) is 2.83.